The van der Waals surface area contributed by atoms with E-state index in [1.165, 1.54) is 12.8 Å². The van der Waals surface area contributed by atoms with Crippen molar-refractivity contribution in [1.82, 2.24) is 0 Å². The molecular weight excluding hydrogens is 276 g/mol. The lowest BCUT2D eigenvalue weighted by molar-refractivity contribution is -0.00117. The molecule has 1 unspecified atom stereocenters. The molecule has 0 bridgehead atoms. The average molecular weight is 295 g/mol. The first-order valence-electron chi connectivity index (χ1n) is 6.92. The van der Waals surface area contributed by atoms with E-state index in [9.17, 15) is 5.11 Å². The molecule has 1 fully saturated rings. The molecule has 108 valence electrons. The van der Waals surface area contributed by atoms with Gasteiger partial charge in [-0.3, -0.25) is 0 Å². The van der Waals surface area contributed by atoms with Crippen LogP contribution in [0.5, 0.6) is 0 Å². The van der Waals surface area contributed by atoms with Crippen molar-refractivity contribution in [3.05, 3.63) is 28.8 Å². The number of hydrogen-bond donors (Lipinski definition) is 2. The highest BCUT2D eigenvalue weighted by molar-refractivity contribution is 6.33. The molecule has 1 atom stereocenters. The van der Waals surface area contributed by atoms with Crippen molar-refractivity contribution in [2.24, 2.45) is 0 Å². The number of nitrogens with one attached hydrogen (secondary N) is 1. The summed E-state index contributed by atoms with van der Waals surface area (Å²) in [4.78, 5) is 0. The van der Waals surface area contributed by atoms with Crippen LogP contribution in [-0.2, 0) is 4.74 Å². The quantitative estimate of drug-likeness (QED) is 0.846. The molecule has 5 heteroatoms. The summed E-state index contributed by atoms with van der Waals surface area (Å²) in [6.45, 7) is 0.712. The van der Waals surface area contributed by atoms with Gasteiger partial charge in [-0.15, -0.1) is 0 Å². The Morgan fingerprint density at radius 2 is 2.20 bits per heavy atom. The molecule has 1 aromatic carbocycles. The molecule has 1 saturated carbocycles. The summed E-state index contributed by atoms with van der Waals surface area (Å²) in [5, 5.41) is 22.2. The summed E-state index contributed by atoms with van der Waals surface area (Å²) >= 11 is 6.05. The predicted molar refractivity (Wildman–Crippen MR) is 78.9 cm³/mol. The number of anilines is 1. The maximum absolute atomic E-state index is 9.88. The zero-order valence-electron chi connectivity index (χ0n) is 11.3. The van der Waals surface area contributed by atoms with Crippen molar-refractivity contribution in [2.45, 2.75) is 37.9 Å². The molecular formula is C15H19ClN2O2. The lowest BCUT2D eigenvalue weighted by atomic mass is 10.2. The lowest BCUT2D eigenvalue weighted by Gasteiger charge is -2.17. The minimum absolute atomic E-state index is 0.308. The molecule has 1 aliphatic rings. The maximum Gasteiger partial charge on any atom is 0.0992 e. The molecule has 1 aliphatic carbocycles. The second-order valence-electron chi connectivity index (χ2n) is 5.08. The highest BCUT2D eigenvalue weighted by Crippen LogP contribution is 2.23. The molecule has 0 heterocycles. The van der Waals surface area contributed by atoms with E-state index in [0.717, 1.165) is 12.8 Å². The van der Waals surface area contributed by atoms with Crippen LogP contribution in [0.4, 0.5) is 5.69 Å². The van der Waals surface area contributed by atoms with Crippen LogP contribution < -0.4 is 5.32 Å². The van der Waals surface area contributed by atoms with Crippen LogP contribution in [0.15, 0.2) is 18.2 Å². The third kappa shape index (κ3) is 4.38. The number of aliphatic hydroxyl groups excluding tert-OH is 1. The van der Waals surface area contributed by atoms with Crippen LogP contribution in [0.1, 0.15) is 31.2 Å². The van der Waals surface area contributed by atoms with Crippen LogP contribution >= 0.6 is 11.6 Å². The Balaban J connectivity index is 1.75. The van der Waals surface area contributed by atoms with Gasteiger partial charge in [-0.25, -0.2) is 0 Å². The number of rotatable bonds is 6. The third-order valence-corrected chi connectivity index (χ3v) is 3.77. The van der Waals surface area contributed by atoms with Crippen molar-refractivity contribution in [1.29, 1.82) is 5.26 Å². The van der Waals surface area contributed by atoms with E-state index in [-0.39, 0.29) is 0 Å². The highest BCUT2D eigenvalue weighted by atomic mass is 35.5. The number of benzene rings is 1. The van der Waals surface area contributed by atoms with Gasteiger partial charge in [0.25, 0.3) is 0 Å². The van der Waals surface area contributed by atoms with Gasteiger partial charge in [0.15, 0.2) is 0 Å². The van der Waals surface area contributed by atoms with Gasteiger partial charge in [-0.2, -0.15) is 5.26 Å². The molecule has 20 heavy (non-hydrogen) atoms. The summed E-state index contributed by atoms with van der Waals surface area (Å²) in [6.07, 6.45) is 4.38. The first kappa shape index (κ1) is 15.1. The minimum atomic E-state index is -0.567. The smallest absolute Gasteiger partial charge is 0.0992 e. The van der Waals surface area contributed by atoms with Crippen molar-refractivity contribution >= 4 is 17.3 Å². The summed E-state index contributed by atoms with van der Waals surface area (Å²) in [6, 6.07) is 7.06. The van der Waals surface area contributed by atoms with E-state index >= 15 is 0 Å². The number of ether oxygens (including phenoxy) is 1. The van der Waals surface area contributed by atoms with Gasteiger partial charge in [-0.05, 0) is 31.0 Å². The first-order valence-corrected chi connectivity index (χ1v) is 7.30. The Hall–Kier alpha value is -1.28. The molecule has 0 radical (unpaired) electrons. The van der Waals surface area contributed by atoms with E-state index in [0.29, 0.717) is 35.5 Å². The second kappa shape index (κ2) is 7.49. The van der Waals surface area contributed by atoms with Crippen molar-refractivity contribution < 1.29 is 9.84 Å². The number of hydrogen-bond acceptors (Lipinski definition) is 4. The highest BCUT2D eigenvalue weighted by Gasteiger charge is 2.16. The molecule has 0 aromatic heterocycles. The van der Waals surface area contributed by atoms with E-state index in [4.69, 9.17) is 21.6 Å². The largest absolute Gasteiger partial charge is 0.389 e. The van der Waals surface area contributed by atoms with Crippen LogP contribution in [0.3, 0.4) is 0 Å². The van der Waals surface area contributed by atoms with Crippen molar-refractivity contribution in [3.8, 4) is 6.07 Å². The van der Waals surface area contributed by atoms with Crippen LogP contribution in [-0.4, -0.2) is 30.5 Å². The zero-order valence-corrected chi connectivity index (χ0v) is 12.1. The fraction of sp³-hybridized carbons (Fsp3) is 0.533. The van der Waals surface area contributed by atoms with Gasteiger partial charge in [0.2, 0.25) is 0 Å². The number of aliphatic hydroxyl groups is 1. The van der Waals surface area contributed by atoms with Gasteiger partial charge in [-0.1, -0.05) is 24.4 Å². The average Bonchev–Trinajstić information content (AvgIpc) is 2.97. The Morgan fingerprint density at radius 3 is 2.85 bits per heavy atom. The fourth-order valence-corrected chi connectivity index (χ4v) is 2.56. The van der Waals surface area contributed by atoms with E-state index in [1.54, 1.807) is 18.2 Å². The molecule has 0 amide bonds. The second-order valence-corrected chi connectivity index (χ2v) is 5.49. The van der Waals surface area contributed by atoms with Crippen LogP contribution in [0.2, 0.25) is 5.02 Å². The van der Waals surface area contributed by atoms with Gasteiger partial charge >= 0.3 is 0 Å². The van der Waals surface area contributed by atoms with Crippen molar-refractivity contribution in [3.63, 3.8) is 0 Å². The van der Waals surface area contributed by atoms with E-state index < -0.39 is 6.10 Å². The van der Waals surface area contributed by atoms with Crippen molar-refractivity contribution in [2.75, 3.05) is 18.5 Å². The summed E-state index contributed by atoms with van der Waals surface area (Å²) in [5.74, 6) is 0. The fourth-order valence-electron chi connectivity index (χ4n) is 2.32. The standard InChI is InChI=1S/C15H19ClN2O2/c16-14-7-11(8-17)5-6-15(14)18-9-12(19)10-20-13-3-1-2-4-13/h5-7,12-13,18-19H,1-4,9-10H2. The Morgan fingerprint density at radius 1 is 1.45 bits per heavy atom. The number of nitrogens with zero attached hydrogens (tertiary/aromatic N) is 1. The molecule has 1 aromatic rings. The van der Waals surface area contributed by atoms with Gasteiger partial charge in [0.05, 0.1) is 41.2 Å². The third-order valence-electron chi connectivity index (χ3n) is 3.45. The normalized spacial score (nSPS) is 16.9. The van der Waals surface area contributed by atoms with Gasteiger partial charge in [0.1, 0.15) is 0 Å². The Labute approximate surface area is 124 Å². The SMILES string of the molecule is N#Cc1ccc(NCC(O)COC2CCCC2)c(Cl)c1. The summed E-state index contributed by atoms with van der Waals surface area (Å²) < 4.78 is 5.65. The molecule has 0 saturated heterocycles. The van der Waals surface area contributed by atoms with Gasteiger partial charge in [0, 0.05) is 6.54 Å². The zero-order chi connectivity index (χ0) is 14.4. The molecule has 4 nitrogen and oxygen atoms in total. The number of halogens is 1. The molecule has 0 aliphatic heterocycles. The summed E-state index contributed by atoms with van der Waals surface area (Å²) in [7, 11) is 0. The van der Waals surface area contributed by atoms with Crippen LogP contribution in [0, 0.1) is 11.3 Å². The Bertz CT molecular complexity index is 481. The lowest BCUT2D eigenvalue weighted by Crippen LogP contribution is -2.27. The van der Waals surface area contributed by atoms with E-state index in [2.05, 4.69) is 5.32 Å². The molecule has 2 N–H and O–H groups in total. The molecule has 0 spiro atoms. The minimum Gasteiger partial charge on any atom is -0.389 e. The maximum atomic E-state index is 9.88. The number of nitriles is 1. The predicted octanol–water partition coefficient (Wildman–Crippen LogP) is 2.94. The Kier molecular flexibility index (Phi) is 5.66. The monoisotopic (exact) mass is 294 g/mol. The molecule has 2 rings (SSSR count). The summed E-state index contributed by atoms with van der Waals surface area (Å²) in [5.41, 5.74) is 1.23. The van der Waals surface area contributed by atoms with Crippen LogP contribution in [0.25, 0.3) is 0 Å². The first-order chi connectivity index (χ1) is 9.69. The topological polar surface area (TPSA) is 65.3 Å². The van der Waals surface area contributed by atoms with Gasteiger partial charge < -0.3 is 15.2 Å². The van der Waals surface area contributed by atoms with E-state index in [1.807, 2.05) is 6.07 Å².